The zero-order chi connectivity index (χ0) is 26.5. The minimum Gasteiger partial charge on any atom is -0.480 e. The molecule has 7 nitrogen and oxygen atoms in total. The summed E-state index contributed by atoms with van der Waals surface area (Å²) in [6.45, 7) is 1.46. The summed E-state index contributed by atoms with van der Waals surface area (Å²) >= 11 is 0. The van der Waals surface area contributed by atoms with Gasteiger partial charge in [0.25, 0.3) is 0 Å². The van der Waals surface area contributed by atoms with Gasteiger partial charge in [-0.05, 0) is 29.7 Å². The van der Waals surface area contributed by atoms with Crippen molar-refractivity contribution in [3.8, 4) is 33.8 Å². The maximum Gasteiger partial charge on any atom is 0.408 e. The maximum atomic E-state index is 12.6. The molecule has 0 fully saturated rings. The van der Waals surface area contributed by atoms with Crippen molar-refractivity contribution in [3.05, 3.63) is 108 Å². The van der Waals surface area contributed by atoms with Gasteiger partial charge in [-0.3, -0.25) is 0 Å². The molecule has 4 aromatic rings. The molecule has 4 aromatic carbocycles. The predicted octanol–water partition coefficient (Wildman–Crippen LogP) is 6.06. The average Bonchev–Trinajstić information content (AvgIpc) is 3.25. The number of benzene rings is 4. The van der Waals surface area contributed by atoms with Gasteiger partial charge in [0.1, 0.15) is 23.6 Å². The molecule has 0 radical (unpaired) electrons. The average molecular weight is 510 g/mol. The van der Waals surface area contributed by atoms with Crippen LogP contribution in [-0.4, -0.2) is 29.5 Å². The van der Waals surface area contributed by atoms with E-state index in [1.807, 2.05) is 91.0 Å². The molecule has 192 valence electrons. The van der Waals surface area contributed by atoms with Crippen molar-refractivity contribution in [2.45, 2.75) is 25.5 Å². The van der Waals surface area contributed by atoms with Crippen LogP contribution in [0.25, 0.3) is 22.3 Å². The Labute approximate surface area is 220 Å². The molecule has 2 heterocycles. The quantitative estimate of drug-likeness (QED) is 0.300. The Kier molecular flexibility index (Phi) is 7.00. The van der Waals surface area contributed by atoms with Crippen LogP contribution < -0.4 is 14.8 Å². The number of carbonyl (C=O) groups excluding carboxylic acids is 1. The van der Waals surface area contributed by atoms with Gasteiger partial charge in [0.2, 0.25) is 6.79 Å². The second-order valence-corrected chi connectivity index (χ2v) is 9.25. The number of aliphatic carboxylic acids is 1. The van der Waals surface area contributed by atoms with Crippen molar-refractivity contribution in [3.63, 3.8) is 0 Å². The standard InChI is InChI=1S/C31H27NO6/c1-31(29(33)34,32-30(35)36-19-21-11-5-2-6-12-21)18-24-17-25-26(22-13-7-3-8-14-22)27(28(24)38-20-37-25)23-15-9-4-10-16-23/h2-17H,18-20H2,1H3,(H,32,35)(H,33,34)/t31-/m1/s1. The number of hydrogen-bond donors (Lipinski definition) is 2. The molecular weight excluding hydrogens is 482 g/mol. The van der Waals surface area contributed by atoms with E-state index in [-0.39, 0.29) is 19.8 Å². The second-order valence-electron chi connectivity index (χ2n) is 9.25. The lowest BCUT2D eigenvalue weighted by atomic mass is 9.86. The van der Waals surface area contributed by atoms with Crippen LogP contribution in [0.3, 0.4) is 0 Å². The largest absolute Gasteiger partial charge is 0.480 e. The Balaban J connectivity index is 1.52. The minimum absolute atomic E-state index is 0.0202. The summed E-state index contributed by atoms with van der Waals surface area (Å²) in [4.78, 5) is 25.1. The third-order valence-corrected chi connectivity index (χ3v) is 6.47. The number of amides is 1. The molecule has 0 unspecified atom stereocenters. The first kappa shape index (κ1) is 24.9. The zero-order valence-corrected chi connectivity index (χ0v) is 20.8. The van der Waals surface area contributed by atoms with Crippen LogP contribution >= 0.6 is 0 Å². The summed E-state index contributed by atoms with van der Waals surface area (Å²) in [5, 5.41) is 12.7. The van der Waals surface area contributed by atoms with Crippen LogP contribution in [0, 0.1) is 0 Å². The van der Waals surface area contributed by atoms with Crippen LogP contribution in [0.4, 0.5) is 4.79 Å². The van der Waals surface area contributed by atoms with E-state index in [1.165, 1.54) is 6.92 Å². The summed E-state index contributed by atoms with van der Waals surface area (Å²) in [5.41, 5.74) is 3.25. The Morgan fingerprint density at radius 2 is 1.45 bits per heavy atom. The molecule has 2 aliphatic heterocycles. The summed E-state index contributed by atoms with van der Waals surface area (Å²) in [6, 6.07) is 30.6. The normalized spacial score (nSPS) is 13.4. The summed E-state index contributed by atoms with van der Waals surface area (Å²) < 4.78 is 17.3. The number of ether oxygens (including phenoxy) is 3. The number of rotatable bonds is 8. The van der Waals surface area contributed by atoms with E-state index in [4.69, 9.17) is 14.2 Å². The van der Waals surface area contributed by atoms with E-state index in [0.29, 0.717) is 17.1 Å². The fourth-order valence-corrected chi connectivity index (χ4v) is 4.57. The topological polar surface area (TPSA) is 94.1 Å². The SMILES string of the molecule is C[C@](Cc1cc2c(-c3ccccc3)c(-c3ccccc3)c1OCO2)(NC(=O)OCc1ccccc1)C(=O)O. The first-order chi connectivity index (χ1) is 18.4. The summed E-state index contributed by atoms with van der Waals surface area (Å²) in [7, 11) is 0. The number of hydrogen-bond acceptors (Lipinski definition) is 5. The van der Waals surface area contributed by atoms with Crippen LogP contribution in [0.5, 0.6) is 11.5 Å². The Hall–Kier alpha value is -4.78. The Bertz CT molecular complexity index is 1440. The number of carboxylic acid groups (broad SMARTS) is 1. The highest BCUT2D eigenvalue weighted by Gasteiger charge is 2.38. The zero-order valence-electron chi connectivity index (χ0n) is 20.8. The predicted molar refractivity (Wildman–Crippen MR) is 143 cm³/mol. The van der Waals surface area contributed by atoms with Gasteiger partial charge in [0, 0.05) is 23.1 Å². The lowest BCUT2D eigenvalue weighted by molar-refractivity contribution is -0.143. The third-order valence-electron chi connectivity index (χ3n) is 6.47. The van der Waals surface area contributed by atoms with Gasteiger partial charge in [-0.25, -0.2) is 9.59 Å². The molecule has 1 atom stereocenters. The van der Waals surface area contributed by atoms with Gasteiger partial charge in [-0.1, -0.05) is 91.0 Å². The molecular formula is C31H27NO6. The van der Waals surface area contributed by atoms with Gasteiger partial charge in [-0.2, -0.15) is 0 Å². The molecule has 2 bridgehead atoms. The molecule has 6 rings (SSSR count). The van der Waals surface area contributed by atoms with E-state index in [9.17, 15) is 14.7 Å². The lowest BCUT2D eigenvalue weighted by Gasteiger charge is -2.27. The summed E-state index contributed by atoms with van der Waals surface area (Å²) in [6.07, 6.45) is -0.875. The number of alkyl carbamates (subject to hydrolysis) is 1. The third kappa shape index (κ3) is 5.18. The molecule has 0 aromatic heterocycles. The number of carboxylic acids is 1. The monoisotopic (exact) mass is 509 g/mol. The molecule has 0 spiro atoms. The molecule has 2 aliphatic rings. The highest BCUT2D eigenvalue weighted by Crippen LogP contribution is 2.49. The van der Waals surface area contributed by atoms with Crippen LogP contribution in [0.2, 0.25) is 0 Å². The van der Waals surface area contributed by atoms with Crippen molar-refractivity contribution in [2.24, 2.45) is 0 Å². The fourth-order valence-electron chi connectivity index (χ4n) is 4.57. The van der Waals surface area contributed by atoms with E-state index < -0.39 is 17.6 Å². The van der Waals surface area contributed by atoms with Crippen LogP contribution in [0.1, 0.15) is 18.1 Å². The highest BCUT2D eigenvalue weighted by molar-refractivity contribution is 5.93. The molecule has 2 N–H and O–H groups in total. The van der Waals surface area contributed by atoms with Crippen LogP contribution in [-0.2, 0) is 22.6 Å². The van der Waals surface area contributed by atoms with E-state index >= 15 is 0 Å². The Morgan fingerprint density at radius 3 is 2.05 bits per heavy atom. The van der Waals surface area contributed by atoms with Gasteiger partial charge in [-0.15, -0.1) is 0 Å². The lowest BCUT2D eigenvalue weighted by Crippen LogP contribution is -2.54. The van der Waals surface area contributed by atoms with Crippen molar-refractivity contribution in [2.75, 3.05) is 6.79 Å². The minimum atomic E-state index is -1.67. The smallest absolute Gasteiger partial charge is 0.408 e. The molecule has 1 amide bonds. The number of nitrogens with one attached hydrogen (secondary N) is 1. The first-order valence-corrected chi connectivity index (χ1v) is 12.2. The molecule has 0 aliphatic carbocycles. The number of fused-ring (bicyclic) bond motifs is 4. The fraction of sp³-hybridized carbons (Fsp3) is 0.161. The van der Waals surface area contributed by atoms with Gasteiger partial charge >= 0.3 is 12.1 Å². The molecule has 0 saturated heterocycles. The van der Waals surface area contributed by atoms with Gasteiger partial charge in [0.15, 0.2) is 0 Å². The van der Waals surface area contributed by atoms with Gasteiger partial charge in [0.05, 0.1) is 0 Å². The Morgan fingerprint density at radius 1 is 0.868 bits per heavy atom. The van der Waals surface area contributed by atoms with E-state index in [0.717, 1.165) is 27.8 Å². The van der Waals surface area contributed by atoms with Crippen molar-refractivity contribution in [1.82, 2.24) is 5.32 Å². The first-order valence-electron chi connectivity index (χ1n) is 12.2. The summed E-state index contributed by atoms with van der Waals surface area (Å²) in [5.74, 6) is -0.107. The van der Waals surface area contributed by atoms with Crippen molar-refractivity contribution < 1.29 is 28.9 Å². The molecule has 0 saturated carbocycles. The number of carbonyl (C=O) groups is 2. The molecule has 38 heavy (non-hydrogen) atoms. The maximum absolute atomic E-state index is 12.6. The van der Waals surface area contributed by atoms with E-state index in [1.54, 1.807) is 6.07 Å². The van der Waals surface area contributed by atoms with E-state index in [2.05, 4.69) is 5.32 Å². The van der Waals surface area contributed by atoms with Crippen LogP contribution in [0.15, 0.2) is 97.1 Å². The molecule has 7 heteroatoms. The van der Waals surface area contributed by atoms with Gasteiger partial charge < -0.3 is 24.6 Å². The van der Waals surface area contributed by atoms with Crippen molar-refractivity contribution in [1.29, 1.82) is 0 Å². The highest BCUT2D eigenvalue weighted by atomic mass is 16.7. The second kappa shape index (κ2) is 10.7. The van der Waals surface area contributed by atoms with Crippen molar-refractivity contribution >= 4 is 12.1 Å².